The van der Waals surface area contributed by atoms with Gasteiger partial charge in [0.05, 0.1) is 0 Å². The molecule has 5 nitrogen and oxygen atoms in total. The third kappa shape index (κ3) is 6.11. The first-order valence-corrected chi connectivity index (χ1v) is 8.16. The van der Waals surface area contributed by atoms with E-state index in [4.69, 9.17) is 16.3 Å². The topological polar surface area (TPSA) is 69.2 Å². The fraction of sp³-hybridized carbons (Fsp3) is 0.100. The van der Waals surface area contributed by atoms with Crippen LogP contribution in [0.5, 0.6) is 11.6 Å². The maximum absolute atomic E-state index is 11.0. The third-order valence-corrected chi connectivity index (χ3v) is 3.47. The van der Waals surface area contributed by atoms with E-state index in [0.717, 1.165) is 5.75 Å². The molecule has 0 saturated heterocycles. The van der Waals surface area contributed by atoms with E-state index in [-0.39, 0.29) is 11.6 Å². The number of nitrogens with zero attached hydrogens (tertiary/aromatic N) is 2. The van der Waals surface area contributed by atoms with Gasteiger partial charge in [-0.15, -0.1) is 0 Å². The largest absolute Gasteiger partial charge is 0.439 e. The number of hydrogen-bond donors (Lipinski definition) is 0. The minimum absolute atomic E-state index is 0.00115. The van der Waals surface area contributed by atoms with Gasteiger partial charge in [0, 0.05) is 29.6 Å². The first-order chi connectivity index (χ1) is 12.5. The van der Waals surface area contributed by atoms with Gasteiger partial charge in [0.2, 0.25) is 5.88 Å². The van der Waals surface area contributed by atoms with Crippen LogP contribution in [0.2, 0.25) is 5.15 Å². The van der Waals surface area contributed by atoms with Crippen molar-refractivity contribution < 1.29 is 14.3 Å². The quantitative estimate of drug-likeness (QED) is 0.478. The lowest BCUT2D eigenvalue weighted by Crippen LogP contribution is -1.94. The molecule has 132 valence electrons. The number of para-hydroxylation sites is 1. The minimum atomic E-state index is -0.00115. The molecular weight excluding hydrogens is 352 g/mol. The maximum atomic E-state index is 11.0. The Balaban J connectivity index is 0.000000209. The molecule has 0 aliphatic carbocycles. The molecule has 0 fully saturated rings. The zero-order valence-corrected chi connectivity index (χ0v) is 15.1. The monoisotopic (exact) mass is 368 g/mol. The SMILES string of the molecule is CC(=O)c1ccc(Cl)nc1.CC(=O)c1ccc(Oc2ccccc2)nc1. The smallest absolute Gasteiger partial charge is 0.219 e. The summed E-state index contributed by atoms with van der Waals surface area (Å²) in [5.74, 6) is 1.21. The summed E-state index contributed by atoms with van der Waals surface area (Å²) in [7, 11) is 0. The predicted molar refractivity (Wildman–Crippen MR) is 100 cm³/mol. The highest BCUT2D eigenvalue weighted by atomic mass is 35.5. The number of benzene rings is 1. The Morgan fingerprint density at radius 3 is 1.85 bits per heavy atom. The highest BCUT2D eigenvalue weighted by Gasteiger charge is 2.01. The Kier molecular flexibility index (Phi) is 7.00. The van der Waals surface area contributed by atoms with Gasteiger partial charge >= 0.3 is 0 Å². The normalized spacial score (nSPS) is 9.65. The Hall–Kier alpha value is -3.05. The minimum Gasteiger partial charge on any atom is -0.439 e. The van der Waals surface area contributed by atoms with Crippen molar-refractivity contribution in [3.8, 4) is 11.6 Å². The molecule has 0 unspecified atom stereocenters. The molecule has 1 aromatic carbocycles. The number of ether oxygens (including phenoxy) is 1. The van der Waals surface area contributed by atoms with Crippen molar-refractivity contribution in [3.63, 3.8) is 0 Å². The molecule has 0 bridgehead atoms. The number of ketones is 2. The predicted octanol–water partition coefficient (Wildman–Crippen LogP) is 5.01. The van der Waals surface area contributed by atoms with Crippen molar-refractivity contribution in [1.82, 2.24) is 9.97 Å². The maximum Gasteiger partial charge on any atom is 0.219 e. The van der Waals surface area contributed by atoms with Crippen molar-refractivity contribution >= 4 is 23.2 Å². The number of hydrogen-bond acceptors (Lipinski definition) is 5. The van der Waals surface area contributed by atoms with Crippen LogP contribution in [0.1, 0.15) is 34.6 Å². The van der Waals surface area contributed by atoms with Gasteiger partial charge in [0.15, 0.2) is 11.6 Å². The van der Waals surface area contributed by atoms with E-state index in [1.54, 1.807) is 24.3 Å². The molecule has 0 amide bonds. The fourth-order valence-electron chi connectivity index (χ4n) is 1.84. The van der Waals surface area contributed by atoms with E-state index in [9.17, 15) is 9.59 Å². The van der Waals surface area contributed by atoms with Gasteiger partial charge in [-0.25, -0.2) is 9.97 Å². The number of aromatic nitrogens is 2. The molecule has 0 aliphatic heterocycles. The van der Waals surface area contributed by atoms with Crippen LogP contribution in [0.25, 0.3) is 0 Å². The molecule has 2 heterocycles. The lowest BCUT2D eigenvalue weighted by atomic mass is 10.2. The number of pyridine rings is 2. The number of rotatable bonds is 4. The highest BCUT2D eigenvalue weighted by molar-refractivity contribution is 6.29. The molecule has 6 heteroatoms. The van der Waals surface area contributed by atoms with Crippen LogP contribution in [-0.2, 0) is 0 Å². The van der Waals surface area contributed by atoms with Gasteiger partial charge in [0.25, 0.3) is 0 Å². The summed E-state index contributed by atoms with van der Waals surface area (Å²) < 4.78 is 5.49. The molecule has 0 radical (unpaired) electrons. The van der Waals surface area contributed by atoms with E-state index >= 15 is 0 Å². The van der Waals surface area contributed by atoms with Gasteiger partial charge in [-0.3, -0.25) is 9.59 Å². The molecular formula is C20H17ClN2O3. The Labute approximate surface area is 156 Å². The van der Waals surface area contributed by atoms with E-state index in [1.807, 2.05) is 30.3 Å². The van der Waals surface area contributed by atoms with Crippen LogP contribution in [0, 0.1) is 0 Å². The summed E-state index contributed by atoms with van der Waals surface area (Å²) in [5.41, 5.74) is 1.17. The van der Waals surface area contributed by atoms with Crippen molar-refractivity contribution in [2.75, 3.05) is 0 Å². The summed E-state index contributed by atoms with van der Waals surface area (Å²) in [5, 5.41) is 0.407. The summed E-state index contributed by atoms with van der Waals surface area (Å²) in [6.07, 6.45) is 2.98. The number of carbonyl (C=O) groups is 2. The fourth-order valence-corrected chi connectivity index (χ4v) is 1.95. The van der Waals surface area contributed by atoms with Gasteiger partial charge < -0.3 is 4.74 Å². The second-order valence-corrected chi connectivity index (χ2v) is 5.67. The lowest BCUT2D eigenvalue weighted by molar-refractivity contribution is 0.100. The molecule has 26 heavy (non-hydrogen) atoms. The summed E-state index contributed by atoms with van der Waals surface area (Å²) in [6.45, 7) is 3.00. The first-order valence-electron chi connectivity index (χ1n) is 7.78. The van der Waals surface area contributed by atoms with Crippen molar-refractivity contribution in [1.29, 1.82) is 0 Å². The van der Waals surface area contributed by atoms with E-state index in [2.05, 4.69) is 9.97 Å². The van der Waals surface area contributed by atoms with Gasteiger partial charge in [-0.05, 0) is 44.2 Å². The van der Waals surface area contributed by atoms with Crippen LogP contribution < -0.4 is 4.74 Å². The zero-order chi connectivity index (χ0) is 18.9. The Bertz CT molecular complexity index is 864. The molecule has 0 aliphatic rings. The first kappa shape index (κ1) is 19.3. The lowest BCUT2D eigenvalue weighted by Gasteiger charge is -2.04. The van der Waals surface area contributed by atoms with Crippen molar-refractivity contribution in [2.45, 2.75) is 13.8 Å². The third-order valence-electron chi connectivity index (χ3n) is 3.24. The average molecular weight is 369 g/mol. The molecule has 0 spiro atoms. The van der Waals surface area contributed by atoms with Gasteiger partial charge in [-0.1, -0.05) is 29.8 Å². The molecule has 3 aromatic rings. The molecule has 0 atom stereocenters. The second kappa shape index (κ2) is 9.44. The van der Waals surface area contributed by atoms with Gasteiger partial charge in [0.1, 0.15) is 10.9 Å². The number of halogens is 1. The second-order valence-electron chi connectivity index (χ2n) is 5.28. The summed E-state index contributed by atoms with van der Waals surface area (Å²) >= 11 is 5.49. The zero-order valence-electron chi connectivity index (χ0n) is 14.3. The van der Waals surface area contributed by atoms with E-state index < -0.39 is 0 Å². The Morgan fingerprint density at radius 1 is 0.808 bits per heavy atom. The summed E-state index contributed by atoms with van der Waals surface area (Å²) in [6, 6.07) is 16.0. The highest BCUT2D eigenvalue weighted by Crippen LogP contribution is 2.18. The van der Waals surface area contributed by atoms with Crippen molar-refractivity contribution in [3.05, 3.63) is 83.3 Å². The molecule has 3 rings (SSSR count). The van der Waals surface area contributed by atoms with Crippen LogP contribution >= 0.6 is 11.6 Å². The Morgan fingerprint density at radius 2 is 1.38 bits per heavy atom. The standard InChI is InChI=1S/C13H11NO2.C7H6ClNO/c1-10(15)11-7-8-13(14-9-11)16-12-5-3-2-4-6-12;1-5(10)6-2-3-7(8)9-4-6/h2-9H,1H3;2-4H,1H3. The molecule has 0 N–H and O–H groups in total. The number of Topliss-reactive ketones (excluding diaryl/α,β-unsaturated/α-hetero) is 2. The van der Waals surface area contributed by atoms with Gasteiger partial charge in [-0.2, -0.15) is 0 Å². The van der Waals surface area contributed by atoms with Crippen LogP contribution in [0.15, 0.2) is 67.0 Å². The van der Waals surface area contributed by atoms with Crippen LogP contribution in [0.3, 0.4) is 0 Å². The van der Waals surface area contributed by atoms with Crippen molar-refractivity contribution in [2.24, 2.45) is 0 Å². The number of carbonyl (C=O) groups excluding carboxylic acids is 2. The summed E-state index contributed by atoms with van der Waals surface area (Å²) in [4.78, 5) is 29.5. The average Bonchev–Trinajstić information content (AvgIpc) is 2.64. The van der Waals surface area contributed by atoms with Crippen LogP contribution in [-0.4, -0.2) is 21.5 Å². The van der Waals surface area contributed by atoms with Crippen LogP contribution in [0.4, 0.5) is 0 Å². The van der Waals surface area contributed by atoms with E-state index in [0.29, 0.717) is 22.2 Å². The van der Waals surface area contributed by atoms with E-state index in [1.165, 1.54) is 26.2 Å². The molecule has 2 aromatic heterocycles. The molecule has 0 saturated carbocycles.